The third-order valence-electron chi connectivity index (χ3n) is 6.67. The van der Waals surface area contributed by atoms with E-state index in [2.05, 4.69) is 10.1 Å². The Balaban J connectivity index is 1.22. The van der Waals surface area contributed by atoms with Crippen LogP contribution in [0.15, 0.2) is 107 Å². The van der Waals surface area contributed by atoms with Gasteiger partial charge in [-0.3, -0.25) is 4.79 Å². The van der Waals surface area contributed by atoms with Gasteiger partial charge in [0.1, 0.15) is 18.1 Å². The van der Waals surface area contributed by atoms with Crippen molar-refractivity contribution in [2.45, 2.75) is 6.61 Å². The second kappa shape index (κ2) is 11.8. The topological polar surface area (TPSA) is 74.3 Å². The van der Waals surface area contributed by atoms with Crippen molar-refractivity contribution >= 4 is 57.5 Å². The average molecular weight is 620 g/mol. The summed E-state index contributed by atoms with van der Waals surface area (Å²) in [7, 11) is 0. The maximum Gasteiger partial charge on any atom is 0.291 e. The fraction of sp³-hybridized carbons (Fsp3) is 0.0303. The highest BCUT2D eigenvalue weighted by atomic mass is 35.5. The van der Waals surface area contributed by atoms with Crippen molar-refractivity contribution in [3.63, 3.8) is 0 Å². The molecule has 0 amide bonds. The zero-order valence-electron chi connectivity index (χ0n) is 22.5. The van der Waals surface area contributed by atoms with E-state index in [1.807, 2.05) is 125 Å². The molecule has 0 aliphatic rings. The summed E-state index contributed by atoms with van der Waals surface area (Å²) in [5.74, 6) is 1.21. The number of hydrogen-bond donors (Lipinski definition) is 0. The summed E-state index contributed by atoms with van der Waals surface area (Å²) < 4.78 is 9.68. The molecule has 4 aromatic heterocycles. The van der Waals surface area contributed by atoms with Crippen LogP contribution < -0.4 is 14.8 Å². The Morgan fingerprint density at radius 2 is 1.70 bits per heavy atom. The van der Waals surface area contributed by atoms with Crippen LogP contribution in [0.3, 0.4) is 0 Å². The first-order chi connectivity index (χ1) is 21.1. The number of halogens is 1. The van der Waals surface area contributed by atoms with Crippen molar-refractivity contribution in [3.05, 3.63) is 144 Å². The standard InChI is InChI=1S/C33H22ClN5O2S2/c34-28-11-5-4-7-23(28)21-41-26-14-12-22(13-15-26)31-24(20-38(37-31)25-8-2-1-3-9-25)19-29-32(40)39-33(43-29)35-30(36-39)17-16-27-10-6-18-42-27/h1-20H,21H2/b17-16+,29-19-. The van der Waals surface area contributed by atoms with Crippen molar-refractivity contribution in [1.29, 1.82) is 0 Å². The molecular formula is C33H22ClN5O2S2. The Morgan fingerprint density at radius 1 is 0.884 bits per heavy atom. The summed E-state index contributed by atoms with van der Waals surface area (Å²) >= 11 is 9.21. The van der Waals surface area contributed by atoms with Gasteiger partial charge in [0.15, 0.2) is 5.82 Å². The van der Waals surface area contributed by atoms with Gasteiger partial charge in [-0.05, 0) is 72.1 Å². The van der Waals surface area contributed by atoms with Crippen molar-refractivity contribution < 1.29 is 4.74 Å². The third-order valence-corrected chi connectivity index (χ3v) is 8.83. The first-order valence-corrected chi connectivity index (χ1v) is 15.4. The molecule has 0 aliphatic carbocycles. The minimum absolute atomic E-state index is 0.218. The fourth-order valence-corrected chi connectivity index (χ4v) is 6.23. The quantitative estimate of drug-likeness (QED) is 0.183. The summed E-state index contributed by atoms with van der Waals surface area (Å²) in [5.41, 5.74) is 4.04. The molecule has 0 saturated heterocycles. The number of thiophene rings is 1. The molecule has 7 rings (SSSR count). The summed E-state index contributed by atoms with van der Waals surface area (Å²) in [6.07, 6.45) is 7.54. The Kier molecular flexibility index (Phi) is 7.42. The van der Waals surface area contributed by atoms with Gasteiger partial charge in [-0.2, -0.15) is 14.6 Å². The molecule has 7 nitrogen and oxygen atoms in total. The lowest BCUT2D eigenvalue weighted by atomic mass is 10.1. The number of thiazole rings is 1. The molecule has 0 N–H and O–H groups in total. The highest BCUT2D eigenvalue weighted by molar-refractivity contribution is 7.15. The number of aromatic nitrogens is 5. The van der Waals surface area contributed by atoms with Gasteiger partial charge < -0.3 is 4.74 Å². The smallest absolute Gasteiger partial charge is 0.291 e. The van der Waals surface area contributed by atoms with E-state index in [1.54, 1.807) is 11.3 Å². The molecule has 4 heterocycles. The van der Waals surface area contributed by atoms with Crippen LogP contribution in [0.5, 0.6) is 5.75 Å². The minimum atomic E-state index is -0.218. The van der Waals surface area contributed by atoms with E-state index in [4.69, 9.17) is 21.4 Å². The molecule has 0 saturated carbocycles. The van der Waals surface area contributed by atoms with Crippen LogP contribution in [0.2, 0.25) is 5.02 Å². The van der Waals surface area contributed by atoms with E-state index >= 15 is 0 Å². The molecule has 0 bridgehead atoms. The Labute approximate surface area is 259 Å². The number of hydrogen-bond acceptors (Lipinski definition) is 7. The van der Waals surface area contributed by atoms with Gasteiger partial charge in [0.05, 0.1) is 10.2 Å². The Bertz CT molecular complexity index is 2170. The van der Waals surface area contributed by atoms with Crippen molar-refractivity contribution in [3.8, 4) is 22.7 Å². The first kappa shape index (κ1) is 27.0. The summed E-state index contributed by atoms with van der Waals surface area (Å²) in [6, 6.07) is 29.2. The average Bonchev–Trinajstić information content (AvgIpc) is 3.84. The van der Waals surface area contributed by atoms with Gasteiger partial charge in [0, 0.05) is 32.8 Å². The lowest BCUT2D eigenvalue weighted by molar-refractivity contribution is 0.306. The zero-order valence-corrected chi connectivity index (χ0v) is 24.9. The Morgan fingerprint density at radius 3 is 2.47 bits per heavy atom. The molecule has 0 radical (unpaired) electrons. The van der Waals surface area contributed by atoms with Crippen molar-refractivity contribution in [2.75, 3.05) is 0 Å². The maximum absolute atomic E-state index is 13.3. The van der Waals surface area contributed by atoms with Crippen molar-refractivity contribution in [1.82, 2.24) is 24.4 Å². The predicted octanol–water partition coefficient (Wildman–Crippen LogP) is 7.02. The number of rotatable bonds is 8. The van der Waals surface area contributed by atoms with E-state index < -0.39 is 0 Å². The molecule has 0 atom stereocenters. The highest BCUT2D eigenvalue weighted by Crippen LogP contribution is 2.27. The number of fused-ring (bicyclic) bond motifs is 1. The van der Waals surface area contributed by atoms with Crippen LogP contribution in [-0.2, 0) is 6.61 Å². The molecule has 10 heteroatoms. The first-order valence-electron chi connectivity index (χ1n) is 13.4. The number of para-hydroxylation sites is 1. The molecule has 7 aromatic rings. The van der Waals surface area contributed by atoms with Crippen LogP contribution in [0.1, 0.15) is 21.8 Å². The molecule has 0 unspecified atom stereocenters. The van der Waals surface area contributed by atoms with Crippen LogP contribution in [0.4, 0.5) is 0 Å². The number of ether oxygens (including phenoxy) is 1. The Hall–Kier alpha value is -4.83. The van der Waals surface area contributed by atoms with E-state index in [0.29, 0.717) is 32.7 Å². The molecule has 43 heavy (non-hydrogen) atoms. The zero-order chi connectivity index (χ0) is 29.2. The maximum atomic E-state index is 13.3. The van der Waals surface area contributed by atoms with E-state index in [1.165, 1.54) is 15.9 Å². The minimum Gasteiger partial charge on any atom is -0.489 e. The van der Waals surface area contributed by atoms with Gasteiger partial charge in [0.2, 0.25) is 4.96 Å². The van der Waals surface area contributed by atoms with Gasteiger partial charge in [-0.15, -0.1) is 16.4 Å². The number of nitrogens with zero attached hydrogens (tertiary/aromatic N) is 5. The highest BCUT2D eigenvalue weighted by Gasteiger charge is 2.14. The van der Waals surface area contributed by atoms with Crippen LogP contribution in [0.25, 0.3) is 40.1 Å². The molecular weight excluding hydrogens is 598 g/mol. The summed E-state index contributed by atoms with van der Waals surface area (Å²) in [6.45, 7) is 0.368. The van der Waals surface area contributed by atoms with Crippen LogP contribution >= 0.6 is 34.3 Å². The summed E-state index contributed by atoms with van der Waals surface area (Å²) in [5, 5.41) is 12.0. The van der Waals surface area contributed by atoms with Crippen LogP contribution in [-0.4, -0.2) is 24.4 Å². The number of benzene rings is 3. The van der Waals surface area contributed by atoms with Gasteiger partial charge >= 0.3 is 0 Å². The van der Waals surface area contributed by atoms with E-state index in [-0.39, 0.29) is 5.56 Å². The van der Waals surface area contributed by atoms with Gasteiger partial charge in [-0.25, -0.2) is 4.68 Å². The second-order valence-corrected chi connectivity index (χ2v) is 11.9. The van der Waals surface area contributed by atoms with Crippen molar-refractivity contribution in [2.24, 2.45) is 0 Å². The monoisotopic (exact) mass is 619 g/mol. The SMILES string of the molecule is O=c1/c(=C/c2cn(-c3ccccc3)nc2-c2ccc(OCc3ccccc3Cl)cc2)sc2nc(/C=C/c3cccs3)nn12. The van der Waals surface area contributed by atoms with Gasteiger partial charge in [0.25, 0.3) is 5.56 Å². The third kappa shape index (κ3) is 5.78. The predicted molar refractivity (Wildman–Crippen MR) is 174 cm³/mol. The lowest BCUT2D eigenvalue weighted by Gasteiger charge is -2.08. The summed E-state index contributed by atoms with van der Waals surface area (Å²) in [4.78, 5) is 19.5. The second-order valence-electron chi connectivity index (χ2n) is 9.55. The van der Waals surface area contributed by atoms with E-state index in [9.17, 15) is 4.79 Å². The normalized spacial score (nSPS) is 12.1. The lowest BCUT2D eigenvalue weighted by Crippen LogP contribution is -2.23. The van der Waals surface area contributed by atoms with Gasteiger partial charge in [-0.1, -0.05) is 65.4 Å². The molecule has 3 aromatic carbocycles. The fourth-order valence-electron chi connectivity index (χ4n) is 4.52. The van der Waals surface area contributed by atoms with Crippen LogP contribution in [0, 0.1) is 0 Å². The molecule has 0 aliphatic heterocycles. The molecule has 0 spiro atoms. The van der Waals surface area contributed by atoms with E-state index in [0.717, 1.165) is 32.9 Å². The molecule has 210 valence electrons. The molecule has 0 fully saturated rings. The largest absolute Gasteiger partial charge is 0.489 e.